The zero-order valence-electron chi connectivity index (χ0n) is 12.1. The van der Waals surface area contributed by atoms with Crippen molar-refractivity contribution in [3.05, 3.63) is 57.3 Å². The van der Waals surface area contributed by atoms with Crippen LogP contribution in [0.1, 0.15) is 42.3 Å². The van der Waals surface area contributed by atoms with Gasteiger partial charge in [0.15, 0.2) is 0 Å². The van der Waals surface area contributed by atoms with Gasteiger partial charge in [-0.2, -0.15) is 0 Å². The molecule has 1 aromatic heterocycles. The molecule has 0 radical (unpaired) electrons. The SMILES string of the molecule is Cc1ccsc1C(C)(O)c1cccc(CC(C)C)c1. The molecular weight excluding hydrogens is 252 g/mol. The highest BCUT2D eigenvalue weighted by atomic mass is 32.1. The largest absolute Gasteiger partial charge is 0.380 e. The van der Waals surface area contributed by atoms with Crippen molar-refractivity contribution in [3.63, 3.8) is 0 Å². The van der Waals surface area contributed by atoms with E-state index >= 15 is 0 Å². The Bertz CT molecular complexity index is 552. The zero-order valence-corrected chi connectivity index (χ0v) is 12.9. The van der Waals surface area contributed by atoms with Crippen LogP contribution in [0.2, 0.25) is 0 Å². The Morgan fingerprint density at radius 3 is 2.58 bits per heavy atom. The van der Waals surface area contributed by atoms with E-state index < -0.39 is 5.60 Å². The molecule has 19 heavy (non-hydrogen) atoms. The van der Waals surface area contributed by atoms with Crippen LogP contribution >= 0.6 is 11.3 Å². The van der Waals surface area contributed by atoms with Gasteiger partial charge in [-0.25, -0.2) is 0 Å². The molecule has 1 heterocycles. The molecule has 0 fully saturated rings. The molecule has 0 aliphatic heterocycles. The second-order valence-electron chi connectivity index (χ2n) is 5.80. The van der Waals surface area contributed by atoms with Crippen LogP contribution in [0.3, 0.4) is 0 Å². The van der Waals surface area contributed by atoms with Gasteiger partial charge in [0.05, 0.1) is 0 Å². The summed E-state index contributed by atoms with van der Waals surface area (Å²) in [7, 11) is 0. The van der Waals surface area contributed by atoms with Crippen LogP contribution in [0.15, 0.2) is 35.7 Å². The van der Waals surface area contributed by atoms with Crippen molar-refractivity contribution in [3.8, 4) is 0 Å². The van der Waals surface area contributed by atoms with E-state index in [0.717, 1.165) is 22.4 Å². The molecule has 1 aromatic carbocycles. The van der Waals surface area contributed by atoms with Gasteiger partial charge in [0.1, 0.15) is 5.60 Å². The maximum atomic E-state index is 10.9. The van der Waals surface area contributed by atoms with Crippen molar-refractivity contribution in [1.29, 1.82) is 0 Å². The topological polar surface area (TPSA) is 20.2 Å². The van der Waals surface area contributed by atoms with Gasteiger partial charge in [0.25, 0.3) is 0 Å². The van der Waals surface area contributed by atoms with E-state index in [-0.39, 0.29) is 0 Å². The minimum Gasteiger partial charge on any atom is -0.380 e. The van der Waals surface area contributed by atoms with E-state index in [4.69, 9.17) is 0 Å². The lowest BCUT2D eigenvalue weighted by molar-refractivity contribution is 0.105. The summed E-state index contributed by atoms with van der Waals surface area (Å²) in [5.41, 5.74) is 2.54. The normalized spacial score (nSPS) is 14.6. The monoisotopic (exact) mass is 274 g/mol. The van der Waals surface area contributed by atoms with E-state index in [1.165, 1.54) is 5.56 Å². The molecule has 0 amide bonds. The summed E-state index contributed by atoms with van der Waals surface area (Å²) in [6.45, 7) is 8.38. The van der Waals surface area contributed by atoms with E-state index in [0.29, 0.717) is 5.92 Å². The standard InChI is InChI=1S/C17H22OS/c1-12(2)10-14-6-5-7-15(11-14)17(4,18)16-13(3)8-9-19-16/h5-9,11-12,18H,10H2,1-4H3. The van der Waals surface area contributed by atoms with Gasteiger partial charge in [0.2, 0.25) is 0 Å². The number of aliphatic hydroxyl groups is 1. The Morgan fingerprint density at radius 1 is 1.26 bits per heavy atom. The molecular formula is C17H22OS. The van der Waals surface area contributed by atoms with Crippen LogP contribution in [0.25, 0.3) is 0 Å². The molecule has 1 atom stereocenters. The fourth-order valence-electron chi connectivity index (χ4n) is 2.48. The smallest absolute Gasteiger partial charge is 0.121 e. The van der Waals surface area contributed by atoms with Gasteiger partial charge < -0.3 is 5.11 Å². The summed E-state index contributed by atoms with van der Waals surface area (Å²) in [6.07, 6.45) is 1.05. The van der Waals surface area contributed by atoms with Gasteiger partial charge in [-0.05, 0) is 54.3 Å². The maximum absolute atomic E-state index is 10.9. The minimum absolute atomic E-state index is 0.628. The van der Waals surface area contributed by atoms with Gasteiger partial charge in [0, 0.05) is 4.88 Å². The van der Waals surface area contributed by atoms with E-state index in [1.807, 2.05) is 24.4 Å². The molecule has 102 valence electrons. The molecule has 2 aromatic rings. The summed E-state index contributed by atoms with van der Waals surface area (Å²) in [4.78, 5) is 1.04. The Hall–Kier alpha value is -1.12. The molecule has 0 saturated carbocycles. The van der Waals surface area contributed by atoms with Crippen molar-refractivity contribution in [2.45, 2.75) is 39.7 Å². The van der Waals surface area contributed by atoms with Crippen molar-refractivity contribution in [2.75, 3.05) is 0 Å². The summed E-state index contributed by atoms with van der Waals surface area (Å²) < 4.78 is 0. The van der Waals surface area contributed by atoms with Crippen LogP contribution in [0.4, 0.5) is 0 Å². The summed E-state index contributed by atoms with van der Waals surface area (Å²) >= 11 is 1.62. The maximum Gasteiger partial charge on any atom is 0.121 e. The average molecular weight is 274 g/mol. The number of hydrogen-bond donors (Lipinski definition) is 1. The number of aryl methyl sites for hydroxylation is 1. The third-order valence-electron chi connectivity index (χ3n) is 3.44. The minimum atomic E-state index is -0.898. The highest BCUT2D eigenvalue weighted by molar-refractivity contribution is 7.10. The first-order valence-corrected chi connectivity index (χ1v) is 7.65. The molecule has 2 rings (SSSR count). The second kappa shape index (κ2) is 5.48. The van der Waals surface area contributed by atoms with Gasteiger partial charge in [-0.15, -0.1) is 11.3 Å². The predicted molar refractivity (Wildman–Crippen MR) is 82.7 cm³/mol. The number of benzene rings is 1. The molecule has 0 aliphatic rings. The van der Waals surface area contributed by atoms with Crippen LogP contribution in [0.5, 0.6) is 0 Å². The van der Waals surface area contributed by atoms with Crippen LogP contribution in [0, 0.1) is 12.8 Å². The zero-order chi connectivity index (χ0) is 14.0. The Morgan fingerprint density at radius 2 is 2.00 bits per heavy atom. The number of rotatable bonds is 4. The molecule has 0 bridgehead atoms. The van der Waals surface area contributed by atoms with E-state index in [9.17, 15) is 5.11 Å². The van der Waals surface area contributed by atoms with Crippen LogP contribution in [-0.2, 0) is 12.0 Å². The van der Waals surface area contributed by atoms with E-state index in [2.05, 4.69) is 39.0 Å². The highest BCUT2D eigenvalue weighted by Crippen LogP contribution is 2.35. The summed E-state index contributed by atoms with van der Waals surface area (Å²) in [5.74, 6) is 0.628. The predicted octanol–water partition coefficient (Wildman–Crippen LogP) is 4.51. The molecule has 2 heteroatoms. The molecule has 1 nitrogen and oxygen atoms in total. The van der Waals surface area contributed by atoms with Crippen molar-refractivity contribution in [2.24, 2.45) is 5.92 Å². The van der Waals surface area contributed by atoms with Crippen molar-refractivity contribution >= 4 is 11.3 Å². The Labute approximate surface area is 119 Å². The number of hydrogen-bond acceptors (Lipinski definition) is 2. The molecule has 1 N–H and O–H groups in total. The summed E-state index contributed by atoms with van der Waals surface area (Å²) in [5, 5.41) is 12.9. The lowest BCUT2D eigenvalue weighted by Gasteiger charge is -2.24. The van der Waals surface area contributed by atoms with Crippen molar-refractivity contribution in [1.82, 2.24) is 0 Å². The van der Waals surface area contributed by atoms with Gasteiger partial charge >= 0.3 is 0 Å². The van der Waals surface area contributed by atoms with Crippen LogP contribution < -0.4 is 0 Å². The molecule has 0 spiro atoms. The Balaban J connectivity index is 2.38. The fourth-order valence-corrected chi connectivity index (χ4v) is 3.48. The van der Waals surface area contributed by atoms with Crippen molar-refractivity contribution < 1.29 is 5.11 Å². The van der Waals surface area contributed by atoms with Gasteiger partial charge in [-0.1, -0.05) is 38.1 Å². The first-order chi connectivity index (χ1) is 8.91. The Kier molecular flexibility index (Phi) is 4.12. The van der Waals surface area contributed by atoms with E-state index in [1.54, 1.807) is 11.3 Å². The summed E-state index contributed by atoms with van der Waals surface area (Å²) in [6, 6.07) is 10.4. The molecule has 0 saturated heterocycles. The fraction of sp³-hybridized carbons (Fsp3) is 0.412. The lowest BCUT2D eigenvalue weighted by Crippen LogP contribution is -2.22. The quantitative estimate of drug-likeness (QED) is 0.869. The third kappa shape index (κ3) is 3.07. The van der Waals surface area contributed by atoms with Gasteiger partial charge in [-0.3, -0.25) is 0 Å². The number of thiophene rings is 1. The highest BCUT2D eigenvalue weighted by Gasteiger charge is 2.28. The average Bonchev–Trinajstić information content (AvgIpc) is 2.75. The first-order valence-electron chi connectivity index (χ1n) is 6.77. The molecule has 0 aliphatic carbocycles. The van der Waals surface area contributed by atoms with Crippen LogP contribution in [-0.4, -0.2) is 5.11 Å². The first kappa shape index (κ1) is 14.3. The lowest BCUT2D eigenvalue weighted by atomic mass is 9.90. The molecule has 1 unspecified atom stereocenters. The second-order valence-corrected chi connectivity index (χ2v) is 6.72. The third-order valence-corrected chi connectivity index (χ3v) is 4.66.